The minimum absolute atomic E-state index is 0.203. The van der Waals surface area contributed by atoms with E-state index in [0.29, 0.717) is 44.3 Å². The van der Waals surface area contributed by atoms with Crippen LogP contribution in [0.5, 0.6) is 17.2 Å². The average Bonchev–Trinajstić information content (AvgIpc) is 3.18. The number of fused-ring (bicyclic) bond motifs is 1. The van der Waals surface area contributed by atoms with E-state index in [4.69, 9.17) is 18.9 Å². The molecule has 2 aromatic carbocycles. The molecule has 0 fully saturated rings. The molecule has 1 atom stereocenters. The maximum absolute atomic E-state index is 13.8. The average molecular weight is 523 g/mol. The molecule has 3 aromatic rings. The fraction of sp³-hybridized carbons (Fsp3) is 0.321. The first-order valence-corrected chi connectivity index (χ1v) is 12.8. The molecule has 2 heterocycles. The van der Waals surface area contributed by atoms with Gasteiger partial charge in [-0.25, -0.2) is 9.79 Å². The Bertz CT molecular complexity index is 1550. The van der Waals surface area contributed by atoms with Gasteiger partial charge in [0.2, 0.25) is 0 Å². The van der Waals surface area contributed by atoms with E-state index in [2.05, 4.69) is 4.99 Å². The summed E-state index contributed by atoms with van der Waals surface area (Å²) < 4.78 is 24.1. The zero-order chi connectivity index (χ0) is 26.7. The van der Waals surface area contributed by atoms with Gasteiger partial charge >= 0.3 is 5.97 Å². The summed E-state index contributed by atoms with van der Waals surface area (Å²) in [6.07, 6.45) is 1.81. The van der Waals surface area contributed by atoms with Gasteiger partial charge in [0.15, 0.2) is 16.3 Å². The monoisotopic (exact) mass is 522 g/mol. The van der Waals surface area contributed by atoms with Crippen LogP contribution < -0.4 is 29.1 Å². The van der Waals surface area contributed by atoms with Crippen LogP contribution in [0, 0.1) is 6.92 Å². The molecule has 0 radical (unpaired) electrons. The van der Waals surface area contributed by atoms with Crippen molar-refractivity contribution < 1.29 is 23.7 Å². The number of methoxy groups -OCH3 is 2. The Kier molecular flexibility index (Phi) is 7.83. The lowest BCUT2D eigenvalue weighted by Crippen LogP contribution is -2.40. The van der Waals surface area contributed by atoms with E-state index in [9.17, 15) is 9.59 Å². The van der Waals surface area contributed by atoms with Crippen molar-refractivity contribution in [1.29, 1.82) is 0 Å². The third-order valence-corrected chi connectivity index (χ3v) is 7.03. The standard InChI is InChI=1S/C28H30N2O6S/c1-7-35-22-15-19(11-12-20(22)33-5)25-24(27(32)36-8-2)17(4)29-28-30(25)26(31)23(37-28)14-18-10-9-16(3)21(13-18)34-6/h9-15,25H,7-8H2,1-6H3/t25-/m1/s1. The Labute approximate surface area is 219 Å². The van der Waals surface area contributed by atoms with Crippen LogP contribution in [0.15, 0.2) is 57.5 Å². The van der Waals surface area contributed by atoms with Gasteiger partial charge in [-0.05, 0) is 68.7 Å². The van der Waals surface area contributed by atoms with Gasteiger partial charge in [0.05, 0.1) is 49.3 Å². The number of aromatic nitrogens is 1. The molecule has 1 aliphatic rings. The van der Waals surface area contributed by atoms with Crippen molar-refractivity contribution in [3.05, 3.63) is 84.0 Å². The zero-order valence-corrected chi connectivity index (χ0v) is 22.6. The lowest BCUT2D eigenvalue weighted by molar-refractivity contribution is -0.139. The fourth-order valence-corrected chi connectivity index (χ4v) is 5.36. The highest BCUT2D eigenvalue weighted by Crippen LogP contribution is 2.36. The molecule has 9 heteroatoms. The van der Waals surface area contributed by atoms with Crippen LogP contribution in [0.4, 0.5) is 0 Å². The maximum atomic E-state index is 13.8. The first-order valence-electron chi connectivity index (χ1n) is 12.0. The molecular formula is C28H30N2O6S. The van der Waals surface area contributed by atoms with Crippen LogP contribution in [-0.4, -0.2) is 38.0 Å². The number of carbonyl (C=O) groups is 1. The molecule has 0 bridgehead atoms. The number of rotatable bonds is 8. The minimum atomic E-state index is -0.741. The molecule has 0 amide bonds. The molecule has 1 aromatic heterocycles. The first kappa shape index (κ1) is 26.2. The highest BCUT2D eigenvalue weighted by Gasteiger charge is 2.34. The van der Waals surface area contributed by atoms with E-state index in [0.717, 1.165) is 16.9 Å². The van der Waals surface area contributed by atoms with Gasteiger partial charge in [0.1, 0.15) is 5.75 Å². The number of thiazole rings is 1. The third-order valence-electron chi connectivity index (χ3n) is 6.05. The molecule has 0 spiro atoms. The lowest BCUT2D eigenvalue weighted by Gasteiger charge is -2.25. The van der Waals surface area contributed by atoms with Gasteiger partial charge in [0.25, 0.3) is 5.56 Å². The van der Waals surface area contributed by atoms with E-state index in [-0.39, 0.29) is 12.2 Å². The predicted octanol–water partition coefficient (Wildman–Crippen LogP) is 3.52. The SMILES string of the molecule is CCOC(=O)C1=C(C)N=c2sc(=Cc3ccc(C)c(OC)c3)c(=O)n2[C@@H]1c1ccc(OC)c(OCC)c1. The van der Waals surface area contributed by atoms with Crippen molar-refractivity contribution in [1.82, 2.24) is 4.57 Å². The molecule has 194 valence electrons. The van der Waals surface area contributed by atoms with Crippen LogP contribution in [0.2, 0.25) is 0 Å². The molecule has 37 heavy (non-hydrogen) atoms. The van der Waals surface area contributed by atoms with Crippen molar-refractivity contribution in [3.63, 3.8) is 0 Å². The zero-order valence-electron chi connectivity index (χ0n) is 21.8. The van der Waals surface area contributed by atoms with E-state index in [1.807, 2.05) is 44.2 Å². The molecule has 4 rings (SSSR count). The Morgan fingerprint density at radius 1 is 1.03 bits per heavy atom. The van der Waals surface area contributed by atoms with Crippen molar-refractivity contribution in [2.45, 2.75) is 33.7 Å². The van der Waals surface area contributed by atoms with Gasteiger partial charge in [0, 0.05) is 0 Å². The molecule has 0 aliphatic carbocycles. The molecule has 1 aliphatic heterocycles. The minimum Gasteiger partial charge on any atom is -0.496 e. The molecule has 0 unspecified atom stereocenters. The number of nitrogens with zero attached hydrogens (tertiary/aromatic N) is 2. The maximum Gasteiger partial charge on any atom is 0.338 e. The second kappa shape index (κ2) is 11.0. The summed E-state index contributed by atoms with van der Waals surface area (Å²) >= 11 is 1.27. The number of hydrogen-bond donors (Lipinski definition) is 0. The Morgan fingerprint density at radius 2 is 1.78 bits per heavy atom. The summed E-state index contributed by atoms with van der Waals surface area (Å²) in [6.45, 7) is 7.98. The van der Waals surface area contributed by atoms with Gasteiger partial charge in [-0.15, -0.1) is 0 Å². The van der Waals surface area contributed by atoms with Gasteiger partial charge in [-0.2, -0.15) is 0 Å². The number of benzene rings is 2. The molecular weight excluding hydrogens is 492 g/mol. The predicted molar refractivity (Wildman–Crippen MR) is 142 cm³/mol. The quantitative estimate of drug-likeness (QED) is 0.421. The fourth-order valence-electron chi connectivity index (χ4n) is 4.32. The van der Waals surface area contributed by atoms with Crippen molar-refractivity contribution >= 4 is 23.4 Å². The summed E-state index contributed by atoms with van der Waals surface area (Å²) in [7, 11) is 3.18. The first-order chi connectivity index (χ1) is 17.8. The highest BCUT2D eigenvalue weighted by atomic mass is 32.1. The van der Waals surface area contributed by atoms with E-state index < -0.39 is 12.0 Å². The van der Waals surface area contributed by atoms with Crippen molar-refractivity contribution in [2.24, 2.45) is 4.99 Å². The van der Waals surface area contributed by atoms with E-state index in [1.54, 1.807) is 44.8 Å². The number of hydrogen-bond acceptors (Lipinski definition) is 8. The Hall–Kier alpha value is -3.85. The molecule has 8 nitrogen and oxygen atoms in total. The molecule has 0 N–H and O–H groups in total. The second-order valence-corrected chi connectivity index (χ2v) is 9.38. The van der Waals surface area contributed by atoms with Crippen molar-refractivity contribution in [3.8, 4) is 17.2 Å². The van der Waals surface area contributed by atoms with Gasteiger partial charge in [-0.1, -0.05) is 29.5 Å². The smallest absolute Gasteiger partial charge is 0.338 e. The summed E-state index contributed by atoms with van der Waals surface area (Å²) in [5, 5.41) is 0. The van der Waals surface area contributed by atoms with Crippen LogP contribution in [-0.2, 0) is 9.53 Å². The van der Waals surface area contributed by atoms with Crippen LogP contribution in [0.3, 0.4) is 0 Å². The van der Waals surface area contributed by atoms with Gasteiger partial charge in [-0.3, -0.25) is 9.36 Å². The third kappa shape index (κ3) is 5.04. The van der Waals surface area contributed by atoms with Crippen LogP contribution in [0.25, 0.3) is 6.08 Å². The molecule has 0 saturated heterocycles. The summed E-state index contributed by atoms with van der Waals surface area (Å²) in [6, 6.07) is 10.4. The number of esters is 1. The lowest BCUT2D eigenvalue weighted by atomic mass is 9.95. The Morgan fingerprint density at radius 3 is 2.46 bits per heavy atom. The van der Waals surface area contributed by atoms with Crippen LogP contribution in [0.1, 0.15) is 43.5 Å². The summed E-state index contributed by atoms with van der Waals surface area (Å²) in [5.74, 6) is 1.31. The molecule has 0 saturated carbocycles. The summed E-state index contributed by atoms with van der Waals surface area (Å²) in [5.41, 5.74) is 3.07. The number of aryl methyl sites for hydroxylation is 1. The van der Waals surface area contributed by atoms with Crippen molar-refractivity contribution in [2.75, 3.05) is 27.4 Å². The van der Waals surface area contributed by atoms with Crippen LogP contribution >= 0.6 is 11.3 Å². The van der Waals surface area contributed by atoms with E-state index >= 15 is 0 Å². The number of carbonyl (C=O) groups excluding carboxylic acids is 1. The highest BCUT2D eigenvalue weighted by molar-refractivity contribution is 7.07. The van der Waals surface area contributed by atoms with E-state index in [1.165, 1.54) is 11.3 Å². The summed E-state index contributed by atoms with van der Waals surface area (Å²) in [4.78, 5) is 32.1. The largest absolute Gasteiger partial charge is 0.496 e. The number of allylic oxidation sites excluding steroid dienone is 1. The topological polar surface area (TPSA) is 88.4 Å². The Balaban J connectivity index is 1.95. The van der Waals surface area contributed by atoms with Gasteiger partial charge < -0.3 is 18.9 Å². The second-order valence-electron chi connectivity index (χ2n) is 8.37. The number of ether oxygens (including phenoxy) is 4. The normalized spacial score (nSPS) is 15.2.